The lowest BCUT2D eigenvalue weighted by molar-refractivity contribution is -0.122. The fourth-order valence-electron chi connectivity index (χ4n) is 1.89. The Kier molecular flexibility index (Phi) is 4.56. The molecule has 108 valence electrons. The summed E-state index contributed by atoms with van der Waals surface area (Å²) in [4.78, 5) is 22.8. The van der Waals surface area contributed by atoms with E-state index in [1.54, 1.807) is 12.1 Å². The summed E-state index contributed by atoms with van der Waals surface area (Å²) in [6.07, 6.45) is 1.55. The number of ether oxygens (including phenoxy) is 1. The zero-order valence-corrected chi connectivity index (χ0v) is 11.3. The molecular weight excluding hydrogens is 270 g/mol. The van der Waals surface area contributed by atoms with Gasteiger partial charge in [-0.15, -0.1) is 6.58 Å². The van der Waals surface area contributed by atoms with Gasteiger partial charge < -0.3 is 15.2 Å². The van der Waals surface area contributed by atoms with Crippen LogP contribution >= 0.6 is 0 Å². The minimum atomic E-state index is -1.10. The van der Waals surface area contributed by atoms with E-state index < -0.39 is 5.97 Å². The van der Waals surface area contributed by atoms with Crippen molar-refractivity contribution in [2.75, 3.05) is 13.2 Å². The van der Waals surface area contributed by atoms with Gasteiger partial charge in [-0.05, 0) is 22.9 Å². The maximum Gasteiger partial charge on any atom is 0.339 e. The van der Waals surface area contributed by atoms with Gasteiger partial charge in [0.2, 0.25) is 0 Å². The summed E-state index contributed by atoms with van der Waals surface area (Å²) in [6.45, 7) is 3.58. The fourth-order valence-corrected chi connectivity index (χ4v) is 1.89. The standard InChI is InChI=1S/C16H15NO4/c1-2-7-17-15(18)10-21-14-9-12-6-4-3-5-11(12)8-13(14)16(19)20/h2-6,8-9H,1,7,10H2,(H,17,18)(H,19,20). The van der Waals surface area contributed by atoms with Crippen LogP contribution in [-0.4, -0.2) is 30.1 Å². The number of hydrogen-bond donors (Lipinski definition) is 2. The highest BCUT2D eigenvalue weighted by Crippen LogP contribution is 2.26. The molecule has 0 radical (unpaired) electrons. The van der Waals surface area contributed by atoms with Crippen LogP contribution in [-0.2, 0) is 4.79 Å². The molecule has 2 aromatic rings. The molecule has 0 heterocycles. The Hall–Kier alpha value is -2.82. The molecule has 2 rings (SSSR count). The number of aromatic carboxylic acids is 1. The van der Waals surface area contributed by atoms with Crippen LogP contribution < -0.4 is 10.1 Å². The van der Waals surface area contributed by atoms with Crippen LogP contribution in [0, 0.1) is 0 Å². The monoisotopic (exact) mass is 285 g/mol. The van der Waals surface area contributed by atoms with Crippen molar-refractivity contribution in [1.82, 2.24) is 5.32 Å². The number of fused-ring (bicyclic) bond motifs is 1. The predicted octanol–water partition coefficient (Wildman–Crippen LogP) is 2.22. The smallest absolute Gasteiger partial charge is 0.339 e. The van der Waals surface area contributed by atoms with Crippen molar-refractivity contribution in [2.45, 2.75) is 0 Å². The molecule has 0 aliphatic heterocycles. The van der Waals surface area contributed by atoms with E-state index in [1.165, 1.54) is 6.07 Å². The van der Waals surface area contributed by atoms with Gasteiger partial charge in [0.15, 0.2) is 6.61 Å². The summed E-state index contributed by atoms with van der Waals surface area (Å²) < 4.78 is 5.34. The highest BCUT2D eigenvalue weighted by Gasteiger charge is 2.14. The normalized spacial score (nSPS) is 10.1. The van der Waals surface area contributed by atoms with Gasteiger partial charge in [0, 0.05) is 6.54 Å². The largest absolute Gasteiger partial charge is 0.483 e. The maximum absolute atomic E-state index is 11.5. The summed E-state index contributed by atoms with van der Waals surface area (Å²) in [5.74, 6) is -1.25. The van der Waals surface area contributed by atoms with Gasteiger partial charge in [0.05, 0.1) is 0 Å². The molecule has 0 saturated carbocycles. The van der Waals surface area contributed by atoms with Crippen LogP contribution in [0.15, 0.2) is 49.1 Å². The summed E-state index contributed by atoms with van der Waals surface area (Å²) in [6, 6.07) is 10.5. The van der Waals surface area contributed by atoms with Gasteiger partial charge in [-0.25, -0.2) is 4.79 Å². The van der Waals surface area contributed by atoms with Crippen molar-refractivity contribution in [2.24, 2.45) is 0 Å². The predicted molar refractivity (Wildman–Crippen MR) is 79.6 cm³/mol. The maximum atomic E-state index is 11.5. The number of carbonyl (C=O) groups excluding carboxylic acids is 1. The Morgan fingerprint density at radius 3 is 2.52 bits per heavy atom. The average molecular weight is 285 g/mol. The first-order valence-electron chi connectivity index (χ1n) is 6.38. The molecule has 0 bridgehead atoms. The van der Waals surface area contributed by atoms with Crippen molar-refractivity contribution in [3.8, 4) is 5.75 Å². The third-order valence-corrected chi connectivity index (χ3v) is 2.88. The number of nitrogens with one attached hydrogen (secondary N) is 1. The molecule has 21 heavy (non-hydrogen) atoms. The number of carboxylic acid groups (broad SMARTS) is 1. The van der Waals surface area contributed by atoms with Crippen LogP contribution in [0.4, 0.5) is 0 Å². The molecule has 1 amide bonds. The van der Waals surface area contributed by atoms with E-state index in [4.69, 9.17) is 4.74 Å². The minimum absolute atomic E-state index is 0.0326. The molecule has 0 fully saturated rings. The third-order valence-electron chi connectivity index (χ3n) is 2.88. The Labute approximate surface area is 121 Å². The second kappa shape index (κ2) is 6.56. The van der Waals surface area contributed by atoms with Crippen molar-refractivity contribution in [1.29, 1.82) is 0 Å². The summed E-state index contributed by atoms with van der Waals surface area (Å²) >= 11 is 0. The number of hydrogen-bond acceptors (Lipinski definition) is 3. The lowest BCUT2D eigenvalue weighted by Gasteiger charge is -2.10. The van der Waals surface area contributed by atoms with Gasteiger partial charge in [0.25, 0.3) is 5.91 Å². The van der Waals surface area contributed by atoms with Crippen LogP contribution in [0.25, 0.3) is 10.8 Å². The van der Waals surface area contributed by atoms with Crippen LogP contribution in [0.1, 0.15) is 10.4 Å². The first-order valence-corrected chi connectivity index (χ1v) is 6.38. The Balaban J connectivity index is 2.24. The molecular formula is C16H15NO4. The topological polar surface area (TPSA) is 75.6 Å². The molecule has 0 spiro atoms. The van der Waals surface area contributed by atoms with Crippen LogP contribution in [0.5, 0.6) is 5.75 Å². The Morgan fingerprint density at radius 2 is 1.90 bits per heavy atom. The molecule has 0 atom stereocenters. The first-order chi connectivity index (χ1) is 10.1. The Bertz CT molecular complexity index is 694. The first kappa shape index (κ1) is 14.6. The van der Waals surface area contributed by atoms with E-state index in [-0.39, 0.29) is 23.8 Å². The van der Waals surface area contributed by atoms with Gasteiger partial charge in [-0.2, -0.15) is 0 Å². The molecule has 0 saturated heterocycles. The highest BCUT2D eigenvalue weighted by atomic mass is 16.5. The van der Waals surface area contributed by atoms with Crippen molar-refractivity contribution < 1.29 is 19.4 Å². The molecule has 0 aliphatic carbocycles. The Morgan fingerprint density at radius 1 is 1.24 bits per heavy atom. The van der Waals surface area contributed by atoms with E-state index >= 15 is 0 Å². The van der Waals surface area contributed by atoms with Crippen LogP contribution in [0.2, 0.25) is 0 Å². The fraction of sp³-hybridized carbons (Fsp3) is 0.125. The second-order valence-electron chi connectivity index (χ2n) is 4.38. The molecule has 5 nitrogen and oxygen atoms in total. The minimum Gasteiger partial charge on any atom is -0.483 e. The third kappa shape index (κ3) is 3.60. The van der Waals surface area contributed by atoms with Crippen molar-refractivity contribution >= 4 is 22.6 Å². The van der Waals surface area contributed by atoms with E-state index in [0.29, 0.717) is 6.54 Å². The zero-order valence-electron chi connectivity index (χ0n) is 11.3. The molecule has 2 N–H and O–H groups in total. The lowest BCUT2D eigenvalue weighted by Crippen LogP contribution is -2.29. The van der Waals surface area contributed by atoms with Crippen molar-refractivity contribution in [3.63, 3.8) is 0 Å². The highest BCUT2D eigenvalue weighted by molar-refractivity contribution is 5.97. The molecule has 2 aromatic carbocycles. The molecule has 0 unspecified atom stereocenters. The number of carboxylic acids is 1. The zero-order chi connectivity index (χ0) is 15.2. The molecule has 0 aliphatic rings. The summed E-state index contributed by atoms with van der Waals surface area (Å²) in [7, 11) is 0. The lowest BCUT2D eigenvalue weighted by atomic mass is 10.1. The van der Waals surface area contributed by atoms with E-state index in [9.17, 15) is 14.7 Å². The number of rotatable bonds is 6. The second-order valence-corrected chi connectivity index (χ2v) is 4.38. The number of carbonyl (C=O) groups is 2. The average Bonchev–Trinajstić information content (AvgIpc) is 2.49. The SMILES string of the molecule is C=CCNC(=O)COc1cc2ccccc2cc1C(=O)O. The van der Waals surface area contributed by atoms with Crippen LogP contribution in [0.3, 0.4) is 0 Å². The van der Waals surface area contributed by atoms with Gasteiger partial charge in [0.1, 0.15) is 11.3 Å². The van der Waals surface area contributed by atoms with E-state index in [0.717, 1.165) is 10.8 Å². The van der Waals surface area contributed by atoms with E-state index in [2.05, 4.69) is 11.9 Å². The van der Waals surface area contributed by atoms with E-state index in [1.807, 2.05) is 24.3 Å². The van der Waals surface area contributed by atoms with Gasteiger partial charge in [-0.1, -0.05) is 30.3 Å². The summed E-state index contributed by atoms with van der Waals surface area (Å²) in [5, 5.41) is 13.5. The number of amides is 1. The van der Waals surface area contributed by atoms with Crippen molar-refractivity contribution in [3.05, 3.63) is 54.6 Å². The van der Waals surface area contributed by atoms with Gasteiger partial charge >= 0.3 is 5.97 Å². The molecule has 0 aromatic heterocycles. The quantitative estimate of drug-likeness (QED) is 0.798. The van der Waals surface area contributed by atoms with Gasteiger partial charge in [-0.3, -0.25) is 4.79 Å². The number of benzene rings is 2. The summed E-state index contributed by atoms with van der Waals surface area (Å²) in [5.41, 5.74) is 0.0326. The molecule has 5 heteroatoms.